The van der Waals surface area contributed by atoms with Crippen molar-refractivity contribution in [2.45, 2.75) is 12.5 Å². The lowest BCUT2D eigenvalue weighted by molar-refractivity contribution is -0.149. The quantitative estimate of drug-likeness (QED) is 0.523. The number of esters is 2. The lowest BCUT2D eigenvalue weighted by Gasteiger charge is -2.14. The molecule has 0 saturated carbocycles. The molecular formula is C8H15NO5. The molecule has 82 valence electrons. The first kappa shape index (κ1) is 12.9. The third-order valence-electron chi connectivity index (χ3n) is 1.59. The first-order valence-corrected chi connectivity index (χ1v) is 4.14. The molecule has 1 atom stereocenters. The molecule has 0 aromatic heterocycles. The molecule has 0 aliphatic heterocycles. The highest BCUT2D eigenvalue weighted by Crippen LogP contribution is 1.96. The van der Waals surface area contributed by atoms with E-state index < -0.39 is 18.0 Å². The zero-order chi connectivity index (χ0) is 11.0. The molecular weight excluding hydrogens is 190 g/mol. The Morgan fingerprint density at radius 2 is 2.00 bits per heavy atom. The van der Waals surface area contributed by atoms with Crippen molar-refractivity contribution in [2.75, 3.05) is 27.4 Å². The summed E-state index contributed by atoms with van der Waals surface area (Å²) in [5.41, 5.74) is 0. The van der Waals surface area contributed by atoms with Crippen molar-refractivity contribution in [3.8, 4) is 0 Å². The minimum Gasteiger partial charge on any atom is -0.469 e. The number of aliphatic hydroxyl groups is 1. The van der Waals surface area contributed by atoms with E-state index in [4.69, 9.17) is 5.11 Å². The van der Waals surface area contributed by atoms with Crippen molar-refractivity contribution in [3.05, 3.63) is 0 Å². The molecule has 0 heterocycles. The SMILES string of the molecule is COC(=O)CC(NCCO)C(=O)OC. The van der Waals surface area contributed by atoms with Crippen LogP contribution in [0.3, 0.4) is 0 Å². The molecule has 0 saturated heterocycles. The van der Waals surface area contributed by atoms with E-state index in [1.807, 2.05) is 0 Å². The van der Waals surface area contributed by atoms with Crippen molar-refractivity contribution < 1.29 is 24.2 Å². The van der Waals surface area contributed by atoms with Gasteiger partial charge in [-0.3, -0.25) is 9.59 Å². The van der Waals surface area contributed by atoms with Gasteiger partial charge in [-0.1, -0.05) is 0 Å². The zero-order valence-electron chi connectivity index (χ0n) is 8.28. The maximum Gasteiger partial charge on any atom is 0.323 e. The van der Waals surface area contributed by atoms with Gasteiger partial charge in [-0.05, 0) is 0 Å². The second-order valence-corrected chi connectivity index (χ2v) is 2.53. The summed E-state index contributed by atoms with van der Waals surface area (Å²) in [5.74, 6) is -1.06. The fourth-order valence-corrected chi connectivity index (χ4v) is 0.870. The number of carbonyl (C=O) groups excluding carboxylic acids is 2. The topological polar surface area (TPSA) is 84.9 Å². The Hall–Kier alpha value is -1.14. The molecule has 0 aliphatic rings. The van der Waals surface area contributed by atoms with Crippen molar-refractivity contribution in [1.29, 1.82) is 0 Å². The van der Waals surface area contributed by atoms with Crippen LogP contribution in [0.4, 0.5) is 0 Å². The first-order valence-electron chi connectivity index (χ1n) is 4.14. The van der Waals surface area contributed by atoms with Crippen molar-refractivity contribution in [3.63, 3.8) is 0 Å². The molecule has 0 spiro atoms. The molecule has 1 unspecified atom stereocenters. The molecule has 14 heavy (non-hydrogen) atoms. The summed E-state index contributed by atoms with van der Waals surface area (Å²) in [6, 6.07) is -0.764. The maximum absolute atomic E-state index is 11.1. The monoisotopic (exact) mass is 205 g/mol. The molecule has 6 heteroatoms. The maximum atomic E-state index is 11.1. The van der Waals surface area contributed by atoms with Crippen molar-refractivity contribution in [1.82, 2.24) is 5.32 Å². The van der Waals surface area contributed by atoms with Crippen LogP contribution in [0.2, 0.25) is 0 Å². The molecule has 2 N–H and O–H groups in total. The van der Waals surface area contributed by atoms with Gasteiger partial charge in [0.25, 0.3) is 0 Å². The molecule has 6 nitrogen and oxygen atoms in total. The van der Waals surface area contributed by atoms with E-state index in [1.165, 1.54) is 14.2 Å². The number of hydrogen-bond acceptors (Lipinski definition) is 6. The molecule has 0 aliphatic carbocycles. The van der Waals surface area contributed by atoms with Crippen molar-refractivity contribution >= 4 is 11.9 Å². The number of aliphatic hydroxyl groups excluding tert-OH is 1. The van der Waals surface area contributed by atoms with Crippen LogP contribution in [-0.4, -0.2) is 50.5 Å². The van der Waals surface area contributed by atoms with Gasteiger partial charge in [0.2, 0.25) is 0 Å². The Bertz CT molecular complexity index is 194. The van der Waals surface area contributed by atoms with Crippen LogP contribution in [0.25, 0.3) is 0 Å². The summed E-state index contributed by atoms with van der Waals surface area (Å²) >= 11 is 0. The van der Waals surface area contributed by atoms with E-state index in [-0.39, 0.29) is 19.6 Å². The van der Waals surface area contributed by atoms with E-state index in [0.29, 0.717) is 0 Å². The Kier molecular flexibility index (Phi) is 6.69. The highest BCUT2D eigenvalue weighted by Gasteiger charge is 2.21. The molecule has 0 fully saturated rings. The van der Waals surface area contributed by atoms with Gasteiger partial charge < -0.3 is 19.9 Å². The van der Waals surface area contributed by atoms with E-state index >= 15 is 0 Å². The van der Waals surface area contributed by atoms with Gasteiger partial charge in [0.1, 0.15) is 6.04 Å². The van der Waals surface area contributed by atoms with Gasteiger partial charge in [-0.15, -0.1) is 0 Å². The molecule has 0 aromatic carbocycles. The Morgan fingerprint density at radius 3 is 2.43 bits per heavy atom. The van der Waals surface area contributed by atoms with Gasteiger partial charge in [-0.25, -0.2) is 0 Å². The lowest BCUT2D eigenvalue weighted by Crippen LogP contribution is -2.40. The van der Waals surface area contributed by atoms with E-state index in [1.54, 1.807) is 0 Å². The average Bonchev–Trinajstić information content (AvgIpc) is 2.22. The minimum absolute atomic E-state index is 0.108. The fraction of sp³-hybridized carbons (Fsp3) is 0.750. The highest BCUT2D eigenvalue weighted by atomic mass is 16.5. The molecule has 0 bridgehead atoms. The molecule has 0 amide bonds. The highest BCUT2D eigenvalue weighted by molar-refractivity contribution is 5.82. The summed E-state index contributed by atoms with van der Waals surface area (Å²) in [5, 5.41) is 11.2. The number of methoxy groups -OCH3 is 2. The Balaban J connectivity index is 4.09. The summed E-state index contributed by atoms with van der Waals surface area (Å²) in [6.45, 7) is 0.103. The van der Waals surface area contributed by atoms with Crippen LogP contribution in [0.1, 0.15) is 6.42 Å². The molecule has 0 rings (SSSR count). The number of ether oxygens (including phenoxy) is 2. The van der Waals surface area contributed by atoms with Crippen LogP contribution >= 0.6 is 0 Å². The second-order valence-electron chi connectivity index (χ2n) is 2.53. The summed E-state index contributed by atoms with van der Waals surface area (Å²) in [4.78, 5) is 22.0. The largest absolute Gasteiger partial charge is 0.469 e. The predicted octanol–water partition coefficient (Wildman–Crippen LogP) is -1.33. The summed E-state index contributed by atoms with van der Waals surface area (Å²) in [6.07, 6.45) is -0.108. The molecule has 0 radical (unpaired) electrons. The number of carbonyl (C=O) groups is 2. The summed E-state index contributed by atoms with van der Waals surface area (Å²) in [7, 11) is 2.47. The van der Waals surface area contributed by atoms with Crippen LogP contribution < -0.4 is 5.32 Å². The lowest BCUT2D eigenvalue weighted by atomic mass is 10.2. The normalized spacial score (nSPS) is 11.9. The van der Waals surface area contributed by atoms with E-state index in [9.17, 15) is 9.59 Å². The zero-order valence-corrected chi connectivity index (χ0v) is 8.28. The number of rotatable bonds is 6. The van der Waals surface area contributed by atoms with Gasteiger partial charge in [0.05, 0.1) is 27.2 Å². The van der Waals surface area contributed by atoms with Crippen LogP contribution in [-0.2, 0) is 19.1 Å². The van der Waals surface area contributed by atoms with Gasteiger partial charge in [-0.2, -0.15) is 0 Å². The smallest absolute Gasteiger partial charge is 0.323 e. The Morgan fingerprint density at radius 1 is 1.36 bits per heavy atom. The standard InChI is InChI=1S/C8H15NO5/c1-13-7(11)5-6(8(12)14-2)9-3-4-10/h6,9-10H,3-5H2,1-2H3. The first-order chi connectivity index (χ1) is 6.65. The van der Waals surface area contributed by atoms with Gasteiger partial charge in [0, 0.05) is 6.54 Å². The third-order valence-corrected chi connectivity index (χ3v) is 1.59. The third kappa shape index (κ3) is 4.78. The predicted molar refractivity (Wildman–Crippen MR) is 47.5 cm³/mol. The van der Waals surface area contributed by atoms with Gasteiger partial charge in [0.15, 0.2) is 0 Å². The minimum atomic E-state index is -0.764. The average molecular weight is 205 g/mol. The van der Waals surface area contributed by atoms with Crippen molar-refractivity contribution in [2.24, 2.45) is 0 Å². The second kappa shape index (κ2) is 7.28. The fourth-order valence-electron chi connectivity index (χ4n) is 0.870. The van der Waals surface area contributed by atoms with Crippen LogP contribution in [0.15, 0.2) is 0 Å². The van der Waals surface area contributed by atoms with Crippen LogP contribution in [0.5, 0.6) is 0 Å². The summed E-state index contributed by atoms with van der Waals surface area (Å²) < 4.78 is 8.87. The number of hydrogen-bond donors (Lipinski definition) is 2. The van der Waals surface area contributed by atoms with Gasteiger partial charge >= 0.3 is 11.9 Å². The Labute approximate surface area is 82.2 Å². The van der Waals surface area contributed by atoms with E-state index in [0.717, 1.165) is 0 Å². The van der Waals surface area contributed by atoms with E-state index in [2.05, 4.69) is 14.8 Å². The number of nitrogens with one attached hydrogen (secondary N) is 1. The van der Waals surface area contributed by atoms with Crippen LogP contribution in [0, 0.1) is 0 Å². The molecule has 0 aromatic rings.